The third-order valence-corrected chi connectivity index (χ3v) is 3.72. The molecule has 0 aliphatic rings. The minimum atomic E-state index is 0.384. The first-order chi connectivity index (χ1) is 10.2. The molecule has 0 radical (unpaired) electrons. The maximum Gasteiger partial charge on any atom is 0.134 e. The molecule has 0 heterocycles. The molecule has 2 aromatic carbocycles. The van der Waals surface area contributed by atoms with Crippen LogP contribution in [-0.4, -0.2) is 6.54 Å². The van der Waals surface area contributed by atoms with Gasteiger partial charge >= 0.3 is 0 Å². The SMILES string of the molecule is CCNCc1ccc(OCc2ccccc2C#N)c(Br)c1. The lowest BCUT2D eigenvalue weighted by Gasteiger charge is -2.11. The highest BCUT2D eigenvalue weighted by Crippen LogP contribution is 2.27. The van der Waals surface area contributed by atoms with Crippen molar-refractivity contribution in [1.82, 2.24) is 5.32 Å². The first-order valence-electron chi connectivity index (χ1n) is 6.84. The van der Waals surface area contributed by atoms with E-state index in [2.05, 4.69) is 34.2 Å². The van der Waals surface area contributed by atoms with Gasteiger partial charge < -0.3 is 10.1 Å². The van der Waals surface area contributed by atoms with E-state index < -0.39 is 0 Å². The molecule has 2 aromatic rings. The normalized spacial score (nSPS) is 10.1. The molecular weight excluding hydrogens is 328 g/mol. The molecule has 2 rings (SSSR count). The molecule has 0 aromatic heterocycles. The molecule has 0 aliphatic heterocycles. The van der Waals surface area contributed by atoms with Crippen molar-refractivity contribution in [3.63, 3.8) is 0 Å². The molecule has 0 spiro atoms. The fourth-order valence-corrected chi connectivity index (χ4v) is 2.49. The van der Waals surface area contributed by atoms with Crippen molar-refractivity contribution >= 4 is 15.9 Å². The lowest BCUT2D eigenvalue weighted by atomic mass is 10.1. The Balaban J connectivity index is 2.05. The van der Waals surface area contributed by atoms with Gasteiger partial charge in [-0.15, -0.1) is 0 Å². The highest BCUT2D eigenvalue weighted by molar-refractivity contribution is 9.10. The predicted octanol–water partition coefficient (Wildman–Crippen LogP) is 4.01. The van der Waals surface area contributed by atoms with Crippen molar-refractivity contribution in [1.29, 1.82) is 5.26 Å². The summed E-state index contributed by atoms with van der Waals surface area (Å²) in [7, 11) is 0. The largest absolute Gasteiger partial charge is 0.488 e. The molecule has 0 saturated carbocycles. The minimum Gasteiger partial charge on any atom is -0.488 e. The van der Waals surface area contributed by atoms with Crippen LogP contribution in [0.4, 0.5) is 0 Å². The van der Waals surface area contributed by atoms with Crippen molar-refractivity contribution in [2.45, 2.75) is 20.1 Å². The Morgan fingerprint density at radius 2 is 2.05 bits per heavy atom. The summed E-state index contributed by atoms with van der Waals surface area (Å²) >= 11 is 3.53. The summed E-state index contributed by atoms with van der Waals surface area (Å²) in [6.07, 6.45) is 0. The maximum absolute atomic E-state index is 9.07. The second-order valence-corrected chi connectivity index (χ2v) is 5.46. The number of hydrogen-bond donors (Lipinski definition) is 1. The number of nitrogens with zero attached hydrogens (tertiary/aromatic N) is 1. The van der Waals surface area contributed by atoms with Crippen LogP contribution < -0.4 is 10.1 Å². The average molecular weight is 345 g/mol. The predicted molar refractivity (Wildman–Crippen MR) is 87.0 cm³/mol. The number of hydrogen-bond acceptors (Lipinski definition) is 3. The second-order valence-electron chi connectivity index (χ2n) is 4.60. The second kappa shape index (κ2) is 7.82. The Kier molecular flexibility index (Phi) is 5.79. The van der Waals surface area contributed by atoms with Gasteiger partial charge in [0.1, 0.15) is 12.4 Å². The van der Waals surface area contributed by atoms with Gasteiger partial charge in [0.25, 0.3) is 0 Å². The molecule has 0 aliphatic carbocycles. The van der Waals surface area contributed by atoms with E-state index >= 15 is 0 Å². The number of benzene rings is 2. The first-order valence-corrected chi connectivity index (χ1v) is 7.64. The van der Waals surface area contributed by atoms with Crippen LogP contribution in [0.5, 0.6) is 5.75 Å². The summed E-state index contributed by atoms with van der Waals surface area (Å²) in [6, 6.07) is 15.7. The summed E-state index contributed by atoms with van der Waals surface area (Å²) < 4.78 is 6.73. The van der Waals surface area contributed by atoms with E-state index in [-0.39, 0.29) is 0 Å². The van der Waals surface area contributed by atoms with E-state index in [4.69, 9.17) is 10.00 Å². The fraction of sp³-hybridized carbons (Fsp3) is 0.235. The summed E-state index contributed by atoms with van der Waals surface area (Å²) in [5, 5.41) is 12.4. The van der Waals surface area contributed by atoms with E-state index in [0.717, 1.165) is 28.9 Å². The van der Waals surface area contributed by atoms with Crippen molar-refractivity contribution < 1.29 is 4.74 Å². The molecule has 108 valence electrons. The number of ether oxygens (including phenoxy) is 1. The Morgan fingerprint density at radius 3 is 2.76 bits per heavy atom. The van der Waals surface area contributed by atoms with E-state index in [0.29, 0.717) is 12.2 Å². The van der Waals surface area contributed by atoms with Gasteiger partial charge in [0.05, 0.1) is 16.1 Å². The van der Waals surface area contributed by atoms with Crippen molar-refractivity contribution in [2.75, 3.05) is 6.54 Å². The molecule has 0 amide bonds. The molecule has 4 heteroatoms. The van der Waals surface area contributed by atoms with Crippen LogP contribution in [0.2, 0.25) is 0 Å². The van der Waals surface area contributed by atoms with Crippen LogP contribution in [0.25, 0.3) is 0 Å². The van der Waals surface area contributed by atoms with Gasteiger partial charge in [-0.25, -0.2) is 0 Å². The van der Waals surface area contributed by atoms with Crippen molar-refractivity contribution in [2.24, 2.45) is 0 Å². The van der Waals surface area contributed by atoms with Crippen LogP contribution in [0, 0.1) is 11.3 Å². The maximum atomic E-state index is 9.07. The lowest BCUT2D eigenvalue weighted by Crippen LogP contribution is -2.11. The summed E-state index contributed by atoms with van der Waals surface area (Å²) in [5.74, 6) is 0.781. The van der Waals surface area contributed by atoms with Crippen molar-refractivity contribution in [3.8, 4) is 11.8 Å². The van der Waals surface area contributed by atoms with Gasteiger partial charge in [-0.2, -0.15) is 5.26 Å². The highest BCUT2D eigenvalue weighted by Gasteiger charge is 2.05. The molecule has 1 N–H and O–H groups in total. The van der Waals surface area contributed by atoms with Crippen LogP contribution in [-0.2, 0) is 13.2 Å². The van der Waals surface area contributed by atoms with Crippen LogP contribution in [0.15, 0.2) is 46.9 Å². The zero-order valence-electron chi connectivity index (χ0n) is 11.9. The van der Waals surface area contributed by atoms with E-state index in [1.165, 1.54) is 5.56 Å². The summed E-state index contributed by atoms with van der Waals surface area (Å²) in [6.45, 7) is 4.25. The van der Waals surface area contributed by atoms with Gasteiger partial charge in [0.15, 0.2) is 0 Å². The lowest BCUT2D eigenvalue weighted by molar-refractivity contribution is 0.304. The van der Waals surface area contributed by atoms with Crippen LogP contribution >= 0.6 is 15.9 Å². The molecule has 21 heavy (non-hydrogen) atoms. The van der Waals surface area contributed by atoms with Crippen molar-refractivity contribution in [3.05, 3.63) is 63.6 Å². The number of nitriles is 1. The highest BCUT2D eigenvalue weighted by atomic mass is 79.9. The molecule has 0 saturated heterocycles. The Labute approximate surface area is 133 Å². The molecular formula is C17H17BrN2O. The van der Waals surface area contributed by atoms with Crippen LogP contribution in [0.1, 0.15) is 23.6 Å². The van der Waals surface area contributed by atoms with Gasteiger partial charge in [0, 0.05) is 12.1 Å². The Bertz CT molecular complexity index is 649. The quantitative estimate of drug-likeness (QED) is 0.860. The van der Waals surface area contributed by atoms with Gasteiger partial charge in [-0.05, 0) is 46.2 Å². The van der Waals surface area contributed by atoms with Gasteiger partial charge in [0.2, 0.25) is 0 Å². The monoisotopic (exact) mass is 344 g/mol. The number of nitrogens with one attached hydrogen (secondary N) is 1. The first kappa shape index (κ1) is 15.6. The van der Waals surface area contributed by atoms with E-state index in [9.17, 15) is 0 Å². The fourth-order valence-electron chi connectivity index (χ4n) is 1.95. The molecule has 0 bridgehead atoms. The average Bonchev–Trinajstić information content (AvgIpc) is 2.52. The summed E-state index contributed by atoms with van der Waals surface area (Å²) in [4.78, 5) is 0. The zero-order valence-corrected chi connectivity index (χ0v) is 13.5. The molecule has 3 nitrogen and oxygen atoms in total. The zero-order chi connectivity index (χ0) is 15.1. The standard InChI is InChI=1S/C17H17BrN2O/c1-2-20-11-13-7-8-17(16(18)9-13)21-12-15-6-4-3-5-14(15)10-19/h3-9,20H,2,11-12H2,1H3. The Hall–Kier alpha value is -1.83. The van der Waals surface area contributed by atoms with E-state index in [1.807, 2.05) is 36.4 Å². The third kappa shape index (κ3) is 4.32. The number of rotatable bonds is 6. The third-order valence-electron chi connectivity index (χ3n) is 3.10. The van der Waals surface area contributed by atoms with Gasteiger partial charge in [-0.1, -0.05) is 31.2 Å². The minimum absolute atomic E-state index is 0.384. The van der Waals surface area contributed by atoms with Gasteiger partial charge in [-0.3, -0.25) is 0 Å². The topological polar surface area (TPSA) is 45.0 Å². The van der Waals surface area contributed by atoms with E-state index in [1.54, 1.807) is 6.07 Å². The molecule has 0 unspecified atom stereocenters. The Morgan fingerprint density at radius 1 is 1.24 bits per heavy atom. The smallest absolute Gasteiger partial charge is 0.134 e. The summed E-state index contributed by atoms with van der Waals surface area (Å²) in [5.41, 5.74) is 2.74. The number of halogens is 1. The van der Waals surface area contributed by atoms with Crippen LogP contribution in [0.3, 0.4) is 0 Å². The molecule has 0 fully saturated rings. The molecule has 0 atom stereocenters.